The molecule has 3 aromatic rings. The second-order valence-corrected chi connectivity index (χ2v) is 9.71. The average molecular weight is 457 g/mol. The summed E-state index contributed by atoms with van der Waals surface area (Å²) in [4.78, 5) is 32.1. The normalized spacial score (nSPS) is 16.6. The summed E-state index contributed by atoms with van der Waals surface area (Å²) in [5.41, 5.74) is 1.98. The van der Waals surface area contributed by atoms with E-state index in [4.69, 9.17) is 0 Å². The van der Waals surface area contributed by atoms with Crippen LogP contribution in [0.2, 0.25) is 0 Å². The third-order valence-electron chi connectivity index (χ3n) is 5.89. The number of benzene rings is 1. The zero-order valence-corrected chi connectivity index (χ0v) is 19.2. The van der Waals surface area contributed by atoms with Crippen molar-refractivity contribution < 1.29 is 14.0 Å². The Morgan fingerprint density at radius 3 is 2.61 bits per heavy atom. The van der Waals surface area contributed by atoms with Crippen LogP contribution in [0.25, 0.3) is 0 Å². The van der Waals surface area contributed by atoms with Crippen molar-refractivity contribution in [1.29, 1.82) is 0 Å². The second-order valence-electron chi connectivity index (χ2n) is 7.76. The molecule has 1 aromatic carbocycles. The van der Waals surface area contributed by atoms with Crippen molar-refractivity contribution in [2.75, 3.05) is 13.1 Å². The number of carbonyl (C=O) groups is 2. The molecule has 2 amide bonds. The average Bonchev–Trinajstić information content (AvgIpc) is 3.48. The van der Waals surface area contributed by atoms with Gasteiger partial charge in [-0.05, 0) is 65.9 Å². The first-order valence-electron chi connectivity index (χ1n) is 10.4. The zero-order valence-electron chi connectivity index (χ0n) is 17.6. The van der Waals surface area contributed by atoms with Crippen LogP contribution in [0.4, 0.5) is 4.39 Å². The van der Waals surface area contributed by atoms with Gasteiger partial charge in [-0.25, -0.2) is 4.39 Å². The fourth-order valence-electron chi connectivity index (χ4n) is 4.02. The molecular formula is C24H25FN2O2S2. The third kappa shape index (κ3) is 4.43. The van der Waals surface area contributed by atoms with Crippen molar-refractivity contribution in [1.82, 2.24) is 9.80 Å². The Hall–Kier alpha value is -2.51. The number of fused-ring (bicyclic) bond motifs is 1. The fraction of sp³-hybridized carbons (Fsp3) is 0.333. The molecule has 2 atom stereocenters. The summed E-state index contributed by atoms with van der Waals surface area (Å²) in [6.07, 6.45) is 1.55. The van der Waals surface area contributed by atoms with Gasteiger partial charge in [0.05, 0.1) is 10.9 Å². The maximum Gasteiger partial charge on any atom is 0.264 e. The summed E-state index contributed by atoms with van der Waals surface area (Å²) >= 11 is 3.08. The zero-order chi connectivity index (χ0) is 22.0. The van der Waals surface area contributed by atoms with Gasteiger partial charge in [0.25, 0.3) is 5.91 Å². The molecule has 2 unspecified atom stereocenters. The largest absolute Gasteiger partial charge is 0.330 e. The Morgan fingerprint density at radius 2 is 1.94 bits per heavy atom. The lowest BCUT2D eigenvalue weighted by Gasteiger charge is -2.38. The summed E-state index contributed by atoms with van der Waals surface area (Å²) < 4.78 is 13.5. The molecule has 0 fully saturated rings. The molecule has 4 rings (SSSR count). The van der Waals surface area contributed by atoms with Gasteiger partial charge >= 0.3 is 0 Å². The van der Waals surface area contributed by atoms with Gasteiger partial charge in [-0.3, -0.25) is 9.59 Å². The quantitative estimate of drug-likeness (QED) is 0.501. The van der Waals surface area contributed by atoms with Crippen molar-refractivity contribution in [2.24, 2.45) is 0 Å². The van der Waals surface area contributed by atoms with Crippen LogP contribution in [0.3, 0.4) is 0 Å². The van der Waals surface area contributed by atoms with Crippen LogP contribution in [0.1, 0.15) is 52.0 Å². The first kappa shape index (κ1) is 21.7. The van der Waals surface area contributed by atoms with Gasteiger partial charge < -0.3 is 9.80 Å². The molecule has 31 heavy (non-hydrogen) atoms. The molecule has 7 heteroatoms. The van der Waals surface area contributed by atoms with E-state index >= 15 is 0 Å². The van der Waals surface area contributed by atoms with Gasteiger partial charge in [0.2, 0.25) is 5.91 Å². The minimum Gasteiger partial charge on any atom is -0.330 e. The highest BCUT2D eigenvalue weighted by atomic mass is 32.1. The third-order valence-corrected chi connectivity index (χ3v) is 7.75. The van der Waals surface area contributed by atoms with E-state index in [2.05, 4.69) is 6.07 Å². The molecule has 0 N–H and O–H groups in total. The van der Waals surface area contributed by atoms with Crippen LogP contribution in [0, 0.1) is 5.82 Å². The molecule has 0 radical (unpaired) electrons. The number of rotatable bonds is 6. The topological polar surface area (TPSA) is 40.6 Å². The number of amides is 2. The van der Waals surface area contributed by atoms with Gasteiger partial charge in [0.15, 0.2) is 0 Å². The highest BCUT2D eigenvalue weighted by Gasteiger charge is 2.35. The maximum absolute atomic E-state index is 13.6. The Morgan fingerprint density at radius 1 is 1.16 bits per heavy atom. The molecule has 0 saturated heterocycles. The molecule has 162 valence electrons. The van der Waals surface area contributed by atoms with Crippen LogP contribution < -0.4 is 0 Å². The van der Waals surface area contributed by atoms with Crippen molar-refractivity contribution in [3.05, 3.63) is 79.9 Å². The number of hydrogen-bond acceptors (Lipinski definition) is 4. The molecule has 0 aliphatic carbocycles. The molecule has 1 aliphatic rings. The van der Waals surface area contributed by atoms with E-state index < -0.39 is 0 Å². The number of carbonyl (C=O) groups excluding carboxylic acids is 2. The summed E-state index contributed by atoms with van der Waals surface area (Å²) in [6.45, 7) is 4.60. The van der Waals surface area contributed by atoms with Crippen molar-refractivity contribution in [3.8, 4) is 0 Å². The monoisotopic (exact) mass is 456 g/mol. The molecule has 3 heterocycles. The Bertz CT molecular complexity index is 1050. The number of thiophene rings is 2. The molecule has 0 spiro atoms. The highest BCUT2D eigenvalue weighted by molar-refractivity contribution is 7.12. The van der Waals surface area contributed by atoms with Gasteiger partial charge in [-0.15, -0.1) is 22.7 Å². The van der Waals surface area contributed by atoms with Crippen molar-refractivity contribution in [2.45, 2.75) is 38.8 Å². The van der Waals surface area contributed by atoms with E-state index in [-0.39, 0.29) is 36.3 Å². The summed E-state index contributed by atoms with van der Waals surface area (Å²) in [6, 6.07) is 11.7. The second kappa shape index (κ2) is 9.32. The van der Waals surface area contributed by atoms with Crippen LogP contribution in [0.5, 0.6) is 0 Å². The Balaban J connectivity index is 1.63. The lowest BCUT2D eigenvalue weighted by molar-refractivity contribution is -0.134. The standard InChI is InChI=1S/C24H25FN2O2S2/c1-3-16(2)27(24(29)21-5-4-13-30-21)15-22(28)26-12-10-20-19(11-14-31-20)23(26)17-6-8-18(25)9-7-17/h4-9,11,13-14,16,23H,3,10,12,15H2,1-2H3. The first-order chi connectivity index (χ1) is 15.0. The van der Waals surface area contributed by atoms with Gasteiger partial charge in [-0.1, -0.05) is 25.1 Å². The van der Waals surface area contributed by atoms with Gasteiger partial charge in [-0.2, -0.15) is 0 Å². The lowest BCUT2D eigenvalue weighted by atomic mass is 9.93. The predicted octanol–water partition coefficient (Wildman–Crippen LogP) is 5.36. The molecule has 0 bridgehead atoms. The predicted molar refractivity (Wildman–Crippen MR) is 123 cm³/mol. The van der Waals surface area contributed by atoms with E-state index in [1.54, 1.807) is 34.4 Å². The van der Waals surface area contributed by atoms with Crippen LogP contribution in [0.15, 0.2) is 53.2 Å². The van der Waals surface area contributed by atoms with E-state index in [1.165, 1.54) is 28.3 Å². The molecule has 4 nitrogen and oxygen atoms in total. The van der Waals surface area contributed by atoms with Crippen LogP contribution >= 0.6 is 22.7 Å². The number of nitrogens with zero attached hydrogens (tertiary/aromatic N) is 2. The number of hydrogen-bond donors (Lipinski definition) is 0. The first-order valence-corrected chi connectivity index (χ1v) is 12.2. The minimum atomic E-state index is -0.299. The fourth-order valence-corrected chi connectivity index (χ4v) is 5.60. The molecular weight excluding hydrogens is 431 g/mol. The van der Waals surface area contributed by atoms with Crippen molar-refractivity contribution in [3.63, 3.8) is 0 Å². The van der Waals surface area contributed by atoms with E-state index in [9.17, 15) is 14.0 Å². The smallest absolute Gasteiger partial charge is 0.264 e. The van der Waals surface area contributed by atoms with E-state index in [1.807, 2.05) is 35.6 Å². The minimum absolute atomic E-state index is 0.0307. The lowest BCUT2D eigenvalue weighted by Crippen LogP contribution is -2.49. The maximum atomic E-state index is 13.6. The molecule has 0 saturated carbocycles. The number of halogens is 1. The summed E-state index contributed by atoms with van der Waals surface area (Å²) in [5, 5.41) is 3.91. The Kier molecular flexibility index (Phi) is 6.53. The van der Waals surface area contributed by atoms with Crippen LogP contribution in [-0.2, 0) is 11.2 Å². The summed E-state index contributed by atoms with van der Waals surface area (Å²) in [7, 11) is 0. The Labute approximate surface area is 189 Å². The summed E-state index contributed by atoms with van der Waals surface area (Å²) in [5.74, 6) is -0.492. The van der Waals surface area contributed by atoms with Crippen molar-refractivity contribution >= 4 is 34.5 Å². The van der Waals surface area contributed by atoms with E-state index in [0.29, 0.717) is 11.4 Å². The highest BCUT2D eigenvalue weighted by Crippen LogP contribution is 2.38. The van der Waals surface area contributed by atoms with Gasteiger partial charge in [0, 0.05) is 17.5 Å². The van der Waals surface area contributed by atoms with E-state index in [0.717, 1.165) is 24.0 Å². The molecule has 1 aliphatic heterocycles. The van der Waals surface area contributed by atoms with Crippen LogP contribution in [-0.4, -0.2) is 40.7 Å². The van der Waals surface area contributed by atoms with Gasteiger partial charge in [0.1, 0.15) is 12.4 Å². The molecule has 2 aromatic heterocycles. The SMILES string of the molecule is CCC(C)N(CC(=O)N1CCc2sccc2C1c1ccc(F)cc1)C(=O)c1cccs1.